The molecule has 0 unspecified atom stereocenters. The van der Waals surface area contributed by atoms with Crippen molar-refractivity contribution in [3.8, 4) is 11.5 Å². The lowest BCUT2D eigenvalue weighted by atomic mass is 10.1. The molecule has 0 fully saturated rings. The highest BCUT2D eigenvalue weighted by molar-refractivity contribution is 7.89. The van der Waals surface area contributed by atoms with Crippen molar-refractivity contribution in [3.63, 3.8) is 0 Å². The molecule has 1 aromatic rings. The lowest BCUT2D eigenvalue weighted by Crippen LogP contribution is -2.37. The molecule has 1 heterocycles. The molecule has 0 saturated heterocycles. The number of sulfonamides is 1. The average Bonchev–Trinajstić information content (AvgIpc) is 2.61. The second-order valence-corrected chi connectivity index (χ2v) is 9.06. The molecule has 0 aromatic heterocycles. The van der Waals surface area contributed by atoms with Crippen LogP contribution in [-0.2, 0) is 10.0 Å². The summed E-state index contributed by atoms with van der Waals surface area (Å²) in [5, 5.41) is 0. The van der Waals surface area contributed by atoms with Gasteiger partial charge in [-0.05, 0) is 38.8 Å². The zero-order valence-corrected chi connectivity index (χ0v) is 17.2. The van der Waals surface area contributed by atoms with Gasteiger partial charge in [-0.25, -0.2) is 8.42 Å². The molecule has 1 aliphatic rings. The van der Waals surface area contributed by atoms with Crippen molar-refractivity contribution < 1.29 is 17.9 Å². The molecule has 0 saturated carbocycles. The predicted molar refractivity (Wildman–Crippen MR) is 104 cm³/mol. The van der Waals surface area contributed by atoms with Gasteiger partial charge in [-0.2, -0.15) is 4.31 Å². The molecule has 5 nitrogen and oxygen atoms in total. The van der Waals surface area contributed by atoms with Gasteiger partial charge in [0, 0.05) is 18.7 Å². The van der Waals surface area contributed by atoms with E-state index in [1.165, 1.54) is 25.7 Å². The standard InChI is InChI=1S/C20H33NO4S/c1-17(2)21-14-10-8-6-4-5-7-9-11-15-25-19-16-18(24-3)12-13-20(19)26(21,22)23/h12-13,16-17H,4-11,14-15H2,1-3H3. The average molecular weight is 384 g/mol. The van der Waals surface area contributed by atoms with Crippen LogP contribution in [0.4, 0.5) is 0 Å². The fraction of sp³-hybridized carbons (Fsp3) is 0.700. The number of methoxy groups -OCH3 is 1. The minimum absolute atomic E-state index is 0.0920. The fourth-order valence-corrected chi connectivity index (χ4v) is 5.13. The molecule has 0 aliphatic carbocycles. The van der Waals surface area contributed by atoms with Gasteiger partial charge in [-0.15, -0.1) is 0 Å². The summed E-state index contributed by atoms with van der Waals surface area (Å²) in [4.78, 5) is 0.238. The smallest absolute Gasteiger partial charge is 0.246 e. The highest BCUT2D eigenvalue weighted by Crippen LogP contribution is 2.32. The lowest BCUT2D eigenvalue weighted by molar-refractivity contribution is 0.292. The number of rotatable bonds is 2. The van der Waals surface area contributed by atoms with Crippen LogP contribution in [0.3, 0.4) is 0 Å². The summed E-state index contributed by atoms with van der Waals surface area (Å²) < 4.78 is 39.4. The molecule has 6 heteroatoms. The molecular formula is C20H33NO4S. The van der Waals surface area contributed by atoms with Crippen molar-refractivity contribution in [2.45, 2.75) is 76.2 Å². The van der Waals surface area contributed by atoms with Crippen LogP contribution in [0.15, 0.2) is 23.1 Å². The summed E-state index contributed by atoms with van der Waals surface area (Å²) in [6.45, 7) is 4.92. The van der Waals surface area contributed by atoms with E-state index in [1.807, 2.05) is 13.8 Å². The second-order valence-electron chi connectivity index (χ2n) is 7.20. The molecule has 1 aromatic carbocycles. The predicted octanol–water partition coefficient (Wildman–Crippen LogP) is 4.61. The maximum absolute atomic E-state index is 13.3. The normalized spacial score (nSPS) is 20.5. The fourth-order valence-electron chi connectivity index (χ4n) is 3.34. The number of nitrogens with zero attached hydrogens (tertiary/aromatic N) is 1. The molecule has 148 valence electrons. The quantitative estimate of drug-likeness (QED) is 0.748. The van der Waals surface area contributed by atoms with Gasteiger partial charge in [0.05, 0.1) is 13.7 Å². The Bertz CT molecular complexity index is 658. The lowest BCUT2D eigenvalue weighted by Gasteiger charge is -2.27. The van der Waals surface area contributed by atoms with Crippen LogP contribution in [0.2, 0.25) is 0 Å². The van der Waals surface area contributed by atoms with Gasteiger partial charge in [-0.1, -0.05) is 38.5 Å². The number of benzene rings is 1. The van der Waals surface area contributed by atoms with E-state index in [-0.39, 0.29) is 10.9 Å². The Balaban J connectivity index is 2.36. The van der Waals surface area contributed by atoms with Gasteiger partial charge in [0.1, 0.15) is 16.4 Å². The highest BCUT2D eigenvalue weighted by Gasteiger charge is 2.30. The molecule has 0 spiro atoms. The van der Waals surface area contributed by atoms with Crippen molar-refractivity contribution >= 4 is 10.0 Å². The van der Waals surface area contributed by atoms with Crippen molar-refractivity contribution in [1.29, 1.82) is 0 Å². The molecule has 0 N–H and O–H groups in total. The maximum atomic E-state index is 13.3. The molecule has 2 rings (SSSR count). The van der Waals surface area contributed by atoms with Crippen LogP contribution < -0.4 is 9.47 Å². The van der Waals surface area contributed by atoms with Crippen molar-refractivity contribution in [2.24, 2.45) is 0 Å². The second kappa shape index (κ2) is 10.2. The third-order valence-corrected chi connectivity index (χ3v) is 6.96. The number of fused-ring (bicyclic) bond motifs is 1. The third kappa shape index (κ3) is 5.61. The summed E-state index contributed by atoms with van der Waals surface area (Å²) in [6, 6.07) is 4.89. The van der Waals surface area contributed by atoms with Crippen molar-refractivity contribution in [3.05, 3.63) is 18.2 Å². The van der Waals surface area contributed by atoms with Gasteiger partial charge < -0.3 is 9.47 Å². The van der Waals surface area contributed by atoms with Crippen molar-refractivity contribution in [1.82, 2.24) is 4.31 Å². The van der Waals surface area contributed by atoms with E-state index >= 15 is 0 Å². The monoisotopic (exact) mass is 383 g/mol. The van der Waals surface area contributed by atoms with Crippen molar-refractivity contribution in [2.75, 3.05) is 20.3 Å². The Kier molecular flexibility index (Phi) is 8.22. The van der Waals surface area contributed by atoms with Crippen LogP contribution in [0.5, 0.6) is 11.5 Å². The van der Waals surface area contributed by atoms with E-state index in [9.17, 15) is 8.42 Å². The largest absolute Gasteiger partial charge is 0.497 e. The van der Waals surface area contributed by atoms with Gasteiger partial charge in [0.2, 0.25) is 10.0 Å². The SMILES string of the molecule is COc1ccc2c(c1)OCCCCCCCCCCN(C(C)C)S2(=O)=O. The number of hydrogen-bond acceptors (Lipinski definition) is 4. The van der Waals surface area contributed by atoms with Gasteiger partial charge in [0.25, 0.3) is 0 Å². The summed E-state index contributed by atoms with van der Waals surface area (Å²) in [5.74, 6) is 0.998. The minimum atomic E-state index is -3.61. The Morgan fingerprint density at radius 2 is 1.62 bits per heavy atom. The molecule has 0 radical (unpaired) electrons. The Labute approximate surface area is 158 Å². The van der Waals surface area contributed by atoms with Crippen LogP contribution >= 0.6 is 0 Å². The number of hydrogen-bond donors (Lipinski definition) is 0. The van der Waals surface area contributed by atoms with E-state index in [4.69, 9.17) is 9.47 Å². The van der Waals surface area contributed by atoms with Crippen LogP contribution in [0.1, 0.15) is 65.2 Å². The Morgan fingerprint density at radius 3 is 2.23 bits per heavy atom. The van der Waals surface area contributed by atoms with E-state index in [0.717, 1.165) is 25.7 Å². The first kappa shape index (κ1) is 21.0. The van der Waals surface area contributed by atoms with Crippen LogP contribution in [0.25, 0.3) is 0 Å². The first-order chi connectivity index (χ1) is 12.5. The van der Waals surface area contributed by atoms with Crippen LogP contribution in [-0.4, -0.2) is 39.0 Å². The van der Waals surface area contributed by atoms with E-state index in [0.29, 0.717) is 24.7 Å². The molecular weight excluding hydrogens is 350 g/mol. The summed E-state index contributed by atoms with van der Waals surface area (Å²) >= 11 is 0. The first-order valence-electron chi connectivity index (χ1n) is 9.79. The van der Waals surface area contributed by atoms with E-state index in [1.54, 1.807) is 29.6 Å². The topological polar surface area (TPSA) is 55.8 Å². The molecule has 0 atom stereocenters. The Morgan fingerprint density at radius 1 is 1.00 bits per heavy atom. The molecule has 1 aliphatic heterocycles. The van der Waals surface area contributed by atoms with E-state index in [2.05, 4.69) is 0 Å². The van der Waals surface area contributed by atoms with Crippen LogP contribution in [0, 0.1) is 0 Å². The minimum Gasteiger partial charge on any atom is -0.497 e. The maximum Gasteiger partial charge on any atom is 0.246 e. The van der Waals surface area contributed by atoms with Gasteiger partial charge >= 0.3 is 0 Å². The Hall–Kier alpha value is -1.27. The molecule has 26 heavy (non-hydrogen) atoms. The zero-order valence-electron chi connectivity index (χ0n) is 16.4. The summed E-state index contributed by atoms with van der Waals surface area (Å²) in [7, 11) is -2.04. The van der Waals surface area contributed by atoms with Gasteiger partial charge in [0.15, 0.2) is 0 Å². The molecule has 0 amide bonds. The van der Waals surface area contributed by atoms with Gasteiger partial charge in [-0.3, -0.25) is 0 Å². The summed E-state index contributed by atoms with van der Waals surface area (Å²) in [5.41, 5.74) is 0. The summed E-state index contributed by atoms with van der Waals surface area (Å²) in [6.07, 6.45) is 8.88. The molecule has 0 bridgehead atoms. The van der Waals surface area contributed by atoms with E-state index < -0.39 is 10.0 Å². The highest BCUT2D eigenvalue weighted by atomic mass is 32.2. The number of ether oxygens (including phenoxy) is 2. The first-order valence-corrected chi connectivity index (χ1v) is 11.2. The zero-order chi connectivity index (χ0) is 19.0. The third-order valence-electron chi connectivity index (χ3n) is 4.84.